The van der Waals surface area contributed by atoms with Crippen LogP contribution in [0.15, 0.2) is 0 Å². The lowest BCUT2D eigenvalue weighted by molar-refractivity contribution is -0.156. The van der Waals surface area contributed by atoms with Crippen molar-refractivity contribution in [3.8, 4) is 0 Å². The van der Waals surface area contributed by atoms with Crippen LogP contribution in [0, 0.1) is 5.41 Å². The van der Waals surface area contributed by atoms with Gasteiger partial charge in [0.05, 0.1) is 6.10 Å². The van der Waals surface area contributed by atoms with Gasteiger partial charge in [0.15, 0.2) is 0 Å². The molecule has 13 heavy (non-hydrogen) atoms. The molecule has 1 saturated carbocycles. The number of nitrogens with zero attached hydrogens (tertiary/aromatic N) is 1. The number of thiocarbonyl (C=S) groups is 1. The molecule has 1 saturated heterocycles. The van der Waals surface area contributed by atoms with Crippen molar-refractivity contribution in [2.45, 2.75) is 31.9 Å². The summed E-state index contributed by atoms with van der Waals surface area (Å²) in [6.45, 7) is 3.03. The van der Waals surface area contributed by atoms with Gasteiger partial charge in [-0.3, -0.25) is 0 Å². The number of hydrogen-bond donors (Lipinski definition) is 1. The Bertz CT molecular complexity index is 238. The van der Waals surface area contributed by atoms with Crippen LogP contribution in [0.4, 0.5) is 0 Å². The van der Waals surface area contributed by atoms with Crippen LogP contribution < -0.4 is 0 Å². The minimum atomic E-state index is 0.0407. The summed E-state index contributed by atoms with van der Waals surface area (Å²) in [6.07, 6.45) is 2.66. The first-order valence-electron chi connectivity index (χ1n) is 4.61. The lowest BCUT2D eigenvalue weighted by atomic mass is 9.57. The van der Waals surface area contributed by atoms with Gasteiger partial charge < -0.3 is 14.7 Å². The number of aliphatic hydroxyl groups is 1. The van der Waals surface area contributed by atoms with Crippen molar-refractivity contribution in [1.29, 1.82) is 0 Å². The molecule has 1 aliphatic heterocycles. The van der Waals surface area contributed by atoms with Crippen molar-refractivity contribution in [2.24, 2.45) is 5.41 Å². The fourth-order valence-corrected chi connectivity index (χ4v) is 2.77. The summed E-state index contributed by atoms with van der Waals surface area (Å²) in [6, 6.07) is 0.386. The van der Waals surface area contributed by atoms with E-state index < -0.39 is 0 Å². The molecule has 1 N–H and O–H groups in total. The van der Waals surface area contributed by atoms with Crippen molar-refractivity contribution in [1.82, 2.24) is 4.90 Å². The van der Waals surface area contributed by atoms with Crippen LogP contribution in [0.5, 0.6) is 0 Å². The third-order valence-electron chi connectivity index (χ3n) is 3.69. The smallest absolute Gasteiger partial charge is 0.257 e. The van der Waals surface area contributed by atoms with Crippen LogP contribution in [0.3, 0.4) is 0 Å². The van der Waals surface area contributed by atoms with Gasteiger partial charge in [-0.25, -0.2) is 0 Å². The van der Waals surface area contributed by atoms with Gasteiger partial charge in [0.1, 0.15) is 0 Å². The number of hydrogen-bond acceptors (Lipinski definition) is 2. The Balaban J connectivity index is 1.91. The Morgan fingerprint density at radius 3 is 2.62 bits per heavy atom. The largest absolute Gasteiger partial charge is 0.486 e. The zero-order chi connectivity index (χ0) is 9.64. The standard InChI is InChI=1S/C9H15NO2S/c1-6-9(3-7(4-9)12-2)5-10(6)8(11)13/h6-7H,3-5H2,1-2H3,(H,11,13). The van der Waals surface area contributed by atoms with E-state index in [2.05, 4.69) is 6.92 Å². The third-order valence-corrected chi connectivity index (χ3v) is 3.92. The normalized spacial score (nSPS) is 42.8. The molecule has 74 valence electrons. The molecule has 1 unspecified atom stereocenters. The molecule has 0 aromatic carbocycles. The number of ether oxygens (including phenoxy) is 1. The molecule has 0 aromatic rings. The highest BCUT2D eigenvalue weighted by Crippen LogP contribution is 2.53. The van der Waals surface area contributed by atoms with Gasteiger partial charge >= 0.3 is 0 Å². The SMILES string of the molecule is COC1CC2(C1)CN(C(O)=S)C2C. The molecule has 0 bridgehead atoms. The summed E-state index contributed by atoms with van der Waals surface area (Å²) in [5.41, 5.74) is 0.382. The molecular weight excluding hydrogens is 186 g/mol. The zero-order valence-electron chi connectivity index (χ0n) is 7.99. The molecule has 0 radical (unpaired) electrons. The van der Waals surface area contributed by atoms with Crippen LogP contribution in [0.1, 0.15) is 19.8 Å². The molecule has 1 atom stereocenters. The lowest BCUT2D eigenvalue weighted by Gasteiger charge is -2.63. The topological polar surface area (TPSA) is 32.7 Å². The Hall–Kier alpha value is -0.350. The quantitative estimate of drug-likeness (QED) is 0.649. The molecule has 2 aliphatic rings. The Morgan fingerprint density at radius 1 is 1.62 bits per heavy atom. The van der Waals surface area contributed by atoms with Crippen LogP contribution in [0.2, 0.25) is 0 Å². The van der Waals surface area contributed by atoms with Gasteiger partial charge in [-0.05, 0) is 32.0 Å². The maximum absolute atomic E-state index is 9.14. The summed E-state index contributed by atoms with van der Waals surface area (Å²) in [4.78, 5) is 1.88. The van der Waals surface area contributed by atoms with E-state index in [1.54, 1.807) is 7.11 Å². The van der Waals surface area contributed by atoms with E-state index in [1.807, 2.05) is 4.90 Å². The van der Waals surface area contributed by atoms with Crippen LogP contribution >= 0.6 is 12.2 Å². The first-order chi connectivity index (χ1) is 6.09. The molecule has 1 aliphatic carbocycles. The van der Waals surface area contributed by atoms with Crippen molar-refractivity contribution in [3.05, 3.63) is 0 Å². The minimum absolute atomic E-state index is 0.0407. The maximum atomic E-state index is 9.14. The lowest BCUT2D eigenvalue weighted by Crippen LogP contribution is -2.70. The predicted octanol–water partition coefficient (Wildman–Crippen LogP) is 1.33. The van der Waals surface area contributed by atoms with E-state index in [4.69, 9.17) is 22.1 Å². The van der Waals surface area contributed by atoms with Crippen LogP contribution in [-0.4, -0.2) is 41.0 Å². The van der Waals surface area contributed by atoms with E-state index >= 15 is 0 Å². The second-order valence-corrected chi connectivity index (χ2v) is 4.58. The van der Waals surface area contributed by atoms with Crippen molar-refractivity contribution >= 4 is 17.4 Å². The van der Waals surface area contributed by atoms with Gasteiger partial charge in [0, 0.05) is 25.1 Å². The van der Waals surface area contributed by atoms with E-state index in [9.17, 15) is 0 Å². The summed E-state index contributed by atoms with van der Waals surface area (Å²) in [5.74, 6) is 0. The van der Waals surface area contributed by atoms with Crippen molar-refractivity contribution in [2.75, 3.05) is 13.7 Å². The fraction of sp³-hybridized carbons (Fsp3) is 0.889. The van der Waals surface area contributed by atoms with Crippen molar-refractivity contribution < 1.29 is 9.84 Å². The molecule has 2 rings (SSSR count). The summed E-state index contributed by atoms with van der Waals surface area (Å²) in [7, 11) is 1.76. The van der Waals surface area contributed by atoms with Crippen LogP contribution in [-0.2, 0) is 4.74 Å². The molecular formula is C9H15NO2S. The first kappa shape index (κ1) is 9.21. The highest BCUT2D eigenvalue weighted by molar-refractivity contribution is 7.79. The Morgan fingerprint density at radius 2 is 2.23 bits per heavy atom. The van der Waals surface area contributed by atoms with Gasteiger partial charge in [-0.1, -0.05) is 0 Å². The summed E-state index contributed by atoms with van der Waals surface area (Å²) in [5, 5.41) is 9.18. The van der Waals surface area contributed by atoms with E-state index in [0.717, 1.165) is 19.4 Å². The maximum Gasteiger partial charge on any atom is 0.257 e. The third kappa shape index (κ3) is 1.15. The van der Waals surface area contributed by atoms with Gasteiger partial charge in [-0.15, -0.1) is 0 Å². The second kappa shape index (κ2) is 2.82. The van der Waals surface area contributed by atoms with Gasteiger partial charge in [0.2, 0.25) is 0 Å². The number of rotatable bonds is 1. The number of aliphatic hydroxyl groups excluding tert-OH is 1. The average Bonchev–Trinajstić information content (AvgIpc) is 1.99. The summed E-state index contributed by atoms with van der Waals surface area (Å²) < 4.78 is 5.25. The van der Waals surface area contributed by atoms with Crippen LogP contribution in [0.25, 0.3) is 0 Å². The predicted molar refractivity (Wildman–Crippen MR) is 53.9 cm³/mol. The number of likely N-dealkylation sites (tertiary alicyclic amines) is 1. The Kier molecular flexibility index (Phi) is 2.00. The van der Waals surface area contributed by atoms with E-state index in [-0.39, 0.29) is 5.17 Å². The molecule has 0 amide bonds. The highest BCUT2D eigenvalue weighted by atomic mass is 32.1. The fourth-order valence-electron chi connectivity index (χ4n) is 2.54. The molecule has 0 aromatic heterocycles. The molecule has 1 spiro atoms. The zero-order valence-corrected chi connectivity index (χ0v) is 8.80. The number of methoxy groups -OCH3 is 1. The van der Waals surface area contributed by atoms with Crippen molar-refractivity contribution in [3.63, 3.8) is 0 Å². The Labute approximate surface area is 83.7 Å². The first-order valence-corrected chi connectivity index (χ1v) is 5.02. The highest BCUT2D eigenvalue weighted by Gasteiger charge is 2.58. The van der Waals surface area contributed by atoms with Gasteiger partial charge in [0.25, 0.3) is 5.17 Å². The molecule has 3 nitrogen and oxygen atoms in total. The van der Waals surface area contributed by atoms with E-state index in [1.165, 1.54) is 0 Å². The molecule has 1 heterocycles. The summed E-state index contributed by atoms with van der Waals surface area (Å²) >= 11 is 4.73. The van der Waals surface area contributed by atoms with Gasteiger partial charge in [-0.2, -0.15) is 0 Å². The minimum Gasteiger partial charge on any atom is -0.486 e. The molecule has 4 heteroatoms. The molecule has 2 fully saturated rings. The monoisotopic (exact) mass is 201 g/mol. The average molecular weight is 201 g/mol. The second-order valence-electron chi connectivity index (χ2n) is 4.21. The van der Waals surface area contributed by atoms with E-state index in [0.29, 0.717) is 17.6 Å².